The van der Waals surface area contributed by atoms with Crippen LogP contribution >= 0.6 is 0 Å². The van der Waals surface area contributed by atoms with Crippen LogP contribution in [0.1, 0.15) is 310 Å². The van der Waals surface area contributed by atoms with E-state index in [9.17, 15) is 14.4 Å². The fraction of sp³-hybridized carbons (Fsp3) is 0.823. The van der Waals surface area contributed by atoms with Crippen LogP contribution in [0.5, 0.6) is 0 Å². The Kier molecular flexibility index (Phi) is 54.8. The van der Waals surface area contributed by atoms with Gasteiger partial charge in [-0.15, -0.1) is 0 Å². The molecule has 1 atom stereocenters. The van der Waals surface area contributed by atoms with Crippen molar-refractivity contribution in [3.8, 4) is 0 Å². The third-order valence-corrected chi connectivity index (χ3v) is 13.1. The van der Waals surface area contributed by atoms with Gasteiger partial charge in [0.15, 0.2) is 6.10 Å². The molecule has 0 saturated carbocycles. The van der Waals surface area contributed by atoms with Gasteiger partial charge >= 0.3 is 17.9 Å². The van der Waals surface area contributed by atoms with Gasteiger partial charge in [-0.3, -0.25) is 14.4 Å². The molecule has 0 amide bonds. The van der Waals surface area contributed by atoms with Gasteiger partial charge in [-0.2, -0.15) is 0 Å². The van der Waals surface area contributed by atoms with Crippen molar-refractivity contribution >= 4 is 17.9 Å². The summed E-state index contributed by atoms with van der Waals surface area (Å²) in [4.78, 5) is 37.9. The average molecular weight is 954 g/mol. The highest BCUT2D eigenvalue weighted by Gasteiger charge is 2.19. The first kappa shape index (κ1) is 65.4. The SMILES string of the molecule is CC/C=C\C/C=C\C/C=C\C/C=C\CCCCCCCCCCCCCCCCCCCCC(=O)OCC(COC(=O)CCCCCCCCC)OC(=O)CCCCCCCCCCCCCC. The van der Waals surface area contributed by atoms with Gasteiger partial charge in [-0.25, -0.2) is 0 Å². The lowest BCUT2D eigenvalue weighted by atomic mass is 10.0. The monoisotopic (exact) mass is 953 g/mol. The van der Waals surface area contributed by atoms with Crippen molar-refractivity contribution in [1.82, 2.24) is 0 Å². The Morgan fingerprint density at radius 3 is 0.897 bits per heavy atom. The van der Waals surface area contributed by atoms with Crippen LogP contribution in [0.25, 0.3) is 0 Å². The molecule has 6 heteroatoms. The fourth-order valence-electron chi connectivity index (χ4n) is 8.67. The molecule has 0 spiro atoms. The highest BCUT2D eigenvalue weighted by atomic mass is 16.6. The summed E-state index contributed by atoms with van der Waals surface area (Å²) < 4.78 is 16.8. The smallest absolute Gasteiger partial charge is 0.306 e. The van der Waals surface area contributed by atoms with Crippen LogP contribution in [0.4, 0.5) is 0 Å². The van der Waals surface area contributed by atoms with Gasteiger partial charge in [0.2, 0.25) is 0 Å². The van der Waals surface area contributed by atoms with Crippen LogP contribution in [-0.2, 0) is 28.6 Å². The van der Waals surface area contributed by atoms with E-state index in [2.05, 4.69) is 69.4 Å². The number of allylic oxidation sites excluding steroid dienone is 8. The lowest BCUT2D eigenvalue weighted by molar-refractivity contribution is -0.167. The second-order valence-electron chi connectivity index (χ2n) is 19.9. The average Bonchev–Trinajstić information content (AvgIpc) is 3.34. The predicted octanol–water partition coefficient (Wildman–Crippen LogP) is 19.8. The Balaban J connectivity index is 3.96. The minimum absolute atomic E-state index is 0.0671. The van der Waals surface area contributed by atoms with Gasteiger partial charge < -0.3 is 14.2 Å². The number of rotatable bonds is 54. The van der Waals surface area contributed by atoms with Crippen molar-refractivity contribution < 1.29 is 28.6 Å². The van der Waals surface area contributed by atoms with Crippen LogP contribution in [0.15, 0.2) is 48.6 Å². The molecule has 0 aromatic rings. The van der Waals surface area contributed by atoms with Crippen LogP contribution < -0.4 is 0 Å². The van der Waals surface area contributed by atoms with Crippen LogP contribution in [0, 0.1) is 0 Å². The zero-order valence-corrected chi connectivity index (χ0v) is 45.4. The molecule has 0 aliphatic heterocycles. The molecule has 0 radical (unpaired) electrons. The van der Waals surface area contributed by atoms with E-state index < -0.39 is 6.10 Å². The van der Waals surface area contributed by atoms with Crippen molar-refractivity contribution in [1.29, 1.82) is 0 Å². The van der Waals surface area contributed by atoms with Crippen molar-refractivity contribution in [3.63, 3.8) is 0 Å². The van der Waals surface area contributed by atoms with E-state index in [1.54, 1.807) is 0 Å². The van der Waals surface area contributed by atoms with Crippen molar-refractivity contribution in [3.05, 3.63) is 48.6 Å². The van der Waals surface area contributed by atoms with E-state index in [-0.39, 0.29) is 31.1 Å². The summed E-state index contributed by atoms with van der Waals surface area (Å²) in [5.74, 6) is -0.859. The number of ether oxygens (including phenoxy) is 3. The number of esters is 3. The zero-order valence-electron chi connectivity index (χ0n) is 45.4. The Morgan fingerprint density at radius 2 is 0.574 bits per heavy atom. The van der Waals surface area contributed by atoms with E-state index in [1.807, 2.05) is 0 Å². The normalized spacial score (nSPS) is 12.3. The number of carbonyl (C=O) groups excluding carboxylic acids is 3. The first-order chi connectivity index (χ1) is 33.5. The largest absolute Gasteiger partial charge is 0.462 e. The quantitative estimate of drug-likeness (QED) is 0.0262. The molecule has 0 saturated heterocycles. The van der Waals surface area contributed by atoms with Gasteiger partial charge in [0, 0.05) is 19.3 Å². The Labute approximate surface area is 422 Å². The topological polar surface area (TPSA) is 78.9 Å². The van der Waals surface area contributed by atoms with Crippen molar-refractivity contribution in [2.45, 2.75) is 316 Å². The Hall–Kier alpha value is -2.63. The molecule has 0 N–H and O–H groups in total. The molecule has 0 aromatic heterocycles. The summed E-state index contributed by atoms with van der Waals surface area (Å²) in [6, 6.07) is 0. The van der Waals surface area contributed by atoms with E-state index in [1.165, 1.54) is 186 Å². The summed E-state index contributed by atoms with van der Waals surface area (Å²) in [6.45, 7) is 6.51. The highest BCUT2D eigenvalue weighted by molar-refractivity contribution is 5.71. The van der Waals surface area contributed by atoms with E-state index in [0.717, 1.165) is 83.5 Å². The summed E-state index contributed by atoms with van der Waals surface area (Å²) in [6.07, 6.45) is 70.1. The molecule has 396 valence electrons. The third kappa shape index (κ3) is 54.3. The zero-order chi connectivity index (χ0) is 49.3. The predicted molar refractivity (Wildman–Crippen MR) is 293 cm³/mol. The summed E-state index contributed by atoms with van der Waals surface area (Å²) in [5.41, 5.74) is 0. The molecule has 0 aliphatic carbocycles. The molecule has 0 aromatic carbocycles. The lowest BCUT2D eigenvalue weighted by Gasteiger charge is -2.18. The molecule has 68 heavy (non-hydrogen) atoms. The molecule has 0 fully saturated rings. The van der Waals surface area contributed by atoms with Crippen LogP contribution in [0.3, 0.4) is 0 Å². The molecule has 0 heterocycles. The number of hydrogen-bond acceptors (Lipinski definition) is 6. The first-order valence-corrected chi connectivity index (χ1v) is 29.6. The summed E-state index contributed by atoms with van der Waals surface area (Å²) in [5, 5.41) is 0. The fourth-order valence-corrected chi connectivity index (χ4v) is 8.67. The summed E-state index contributed by atoms with van der Waals surface area (Å²) in [7, 11) is 0. The lowest BCUT2D eigenvalue weighted by Crippen LogP contribution is -2.30. The maximum Gasteiger partial charge on any atom is 0.306 e. The first-order valence-electron chi connectivity index (χ1n) is 29.6. The molecular formula is C62H112O6. The second kappa shape index (κ2) is 57.0. The number of hydrogen-bond donors (Lipinski definition) is 0. The van der Waals surface area contributed by atoms with Crippen molar-refractivity contribution in [2.24, 2.45) is 0 Å². The van der Waals surface area contributed by atoms with E-state index in [0.29, 0.717) is 19.3 Å². The van der Waals surface area contributed by atoms with Gasteiger partial charge in [0.1, 0.15) is 13.2 Å². The summed E-state index contributed by atoms with van der Waals surface area (Å²) >= 11 is 0. The van der Waals surface area contributed by atoms with Gasteiger partial charge in [-0.1, -0.05) is 281 Å². The van der Waals surface area contributed by atoms with Gasteiger partial charge in [0.25, 0.3) is 0 Å². The second-order valence-corrected chi connectivity index (χ2v) is 19.9. The van der Waals surface area contributed by atoms with Gasteiger partial charge in [0.05, 0.1) is 0 Å². The van der Waals surface area contributed by atoms with E-state index >= 15 is 0 Å². The molecule has 0 bridgehead atoms. The maximum atomic E-state index is 12.8. The van der Waals surface area contributed by atoms with Crippen LogP contribution in [0.2, 0.25) is 0 Å². The minimum Gasteiger partial charge on any atom is -0.462 e. The molecule has 0 rings (SSSR count). The Morgan fingerprint density at radius 1 is 0.309 bits per heavy atom. The number of carbonyl (C=O) groups is 3. The standard InChI is InChI=1S/C62H112O6/c1-4-7-10-13-16-18-20-22-23-24-25-26-27-28-29-30-31-32-33-34-35-36-37-38-39-40-42-43-46-49-52-55-61(64)67-58-59(57-66-60(63)54-51-48-45-15-12-9-6-3)68-62(65)56-53-50-47-44-41-21-19-17-14-11-8-5-2/h7,10,16,18,22-23,25-26,59H,4-6,8-9,11-15,17,19-21,24,27-58H2,1-3H3/b10-7-,18-16-,23-22-,26-25-. The Bertz CT molecular complexity index is 1190. The van der Waals surface area contributed by atoms with E-state index in [4.69, 9.17) is 14.2 Å². The number of unbranched alkanes of at least 4 members (excludes halogenated alkanes) is 35. The molecule has 1 unspecified atom stereocenters. The maximum absolute atomic E-state index is 12.8. The van der Waals surface area contributed by atoms with Crippen molar-refractivity contribution in [2.75, 3.05) is 13.2 Å². The van der Waals surface area contributed by atoms with Crippen LogP contribution in [-0.4, -0.2) is 37.2 Å². The van der Waals surface area contributed by atoms with Gasteiger partial charge in [-0.05, 0) is 57.8 Å². The molecular weight excluding hydrogens is 841 g/mol. The molecule has 6 nitrogen and oxygen atoms in total. The third-order valence-electron chi connectivity index (χ3n) is 13.1. The highest BCUT2D eigenvalue weighted by Crippen LogP contribution is 2.17. The molecule has 0 aliphatic rings. The minimum atomic E-state index is -0.764.